The number of nitrogens with two attached hydrogens (primary N) is 1. The Morgan fingerprint density at radius 1 is 1.42 bits per heavy atom. The highest BCUT2D eigenvalue weighted by Gasteiger charge is 2.21. The van der Waals surface area contributed by atoms with Crippen LogP contribution in [0.1, 0.15) is 0 Å². The number of benzene rings is 1. The van der Waals surface area contributed by atoms with Gasteiger partial charge >= 0.3 is 5.76 Å². The highest BCUT2D eigenvalue weighted by Crippen LogP contribution is 2.29. The highest BCUT2D eigenvalue weighted by atomic mass is 79.9. The molecule has 0 spiro atoms. The molecule has 0 aliphatic rings. The summed E-state index contributed by atoms with van der Waals surface area (Å²) in [6.45, 7) is 0.484. The van der Waals surface area contributed by atoms with Gasteiger partial charge in [-0.3, -0.25) is 4.52 Å². The van der Waals surface area contributed by atoms with E-state index in [0.29, 0.717) is 28.7 Å². The predicted molar refractivity (Wildman–Crippen MR) is 95.7 cm³/mol. The van der Waals surface area contributed by atoms with Crippen molar-refractivity contribution in [3.05, 3.63) is 39.0 Å². The third-order valence-corrected chi connectivity index (χ3v) is 5.04. The molecule has 0 bridgehead atoms. The van der Waals surface area contributed by atoms with E-state index in [1.807, 2.05) is 0 Å². The molecule has 0 amide bonds. The van der Waals surface area contributed by atoms with E-state index >= 15 is 0 Å². The van der Waals surface area contributed by atoms with Crippen LogP contribution >= 0.6 is 51.8 Å². The van der Waals surface area contributed by atoms with Gasteiger partial charge in [0.1, 0.15) is 10.8 Å². The first kappa shape index (κ1) is 19.1. The van der Waals surface area contributed by atoms with Crippen LogP contribution in [-0.4, -0.2) is 30.8 Å². The molecular weight excluding hydrogens is 445 g/mol. The smallest absolute Gasteiger partial charge is 0.330 e. The molecule has 7 nitrogen and oxygen atoms in total. The zero-order valence-corrected chi connectivity index (χ0v) is 15.8. The van der Waals surface area contributed by atoms with E-state index in [4.69, 9.17) is 10.3 Å². The fourth-order valence-electron chi connectivity index (χ4n) is 1.82. The van der Waals surface area contributed by atoms with Gasteiger partial charge in [-0.15, -0.1) is 24.2 Å². The molecule has 0 fully saturated rings. The number of thioether (sulfide) groups is 1. The first-order chi connectivity index (χ1) is 11.1. The average molecular weight is 455 g/mol. The predicted octanol–water partition coefficient (Wildman–Crippen LogP) is 2.72. The monoisotopic (exact) mass is 453 g/mol. The lowest BCUT2D eigenvalue weighted by Gasteiger charge is -2.05. The number of nitrogens with zero attached hydrogens (tertiary/aromatic N) is 4. The van der Waals surface area contributed by atoms with Crippen LogP contribution in [0.2, 0.25) is 0 Å². The van der Waals surface area contributed by atoms with Crippen molar-refractivity contribution in [3.8, 4) is 17.2 Å². The lowest BCUT2D eigenvalue weighted by molar-refractivity contribution is 0.383. The minimum atomic E-state index is -0.693. The molecule has 0 unspecified atom stereocenters. The Morgan fingerprint density at radius 3 is 2.92 bits per heavy atom. The van der Waals surface area contributed by atoms with Gasteiger partial charge in [-0.1, -0.05) is 5.16 Å². The molecule has 3 rings (SSSR count). The minimum absolute atomic E-state index is 0. The summed E-state index contributed by atoms with van der Waals surface area (Å²) in [7, 11) is 0. The number of hydrogen-bond acceptors (Lipinski definition) is 8. The third-order valence-electron chi connectivity index (χ3n) is 2.79. The van der Waals surface area contributed by atoms with Gasteiger partial charge in [0, 0.05) is 12.3 Å². The summed E-state index contributed by atoms with van der Waals surface area (Å²) in [6, 6.07) is 4.16. The molecule has 1 aromatic carbocycles. The van der Waals surface area contributed by atoms with Gasteiger partial charge in [-0.05, 0) is 34.1 Å². The summed E-state index contributed by atoms with van der Waals surface area (Å²) in [5, 5.41) is 4.40. The summed E-state index contributed by atoms with van der Waals surface area (Å²) in [6.07, 6.45) is 0. The second kappa shape index (κ2) is 8.21. The quantitative estimate of drug-likeness (QED) is 0.592. The molecule has 2 aromatic heterocycles. The van der Waals surface area contributed by atoms with E-state index in [9.17, 15) is 9.18 Å². The highest BCUT2D eigenvalue weighted by molar-refractivity contribution is 9.10. The second-order valence-electron chi connectivity index (χ2n) is 4.26. The molecule has 0 aliphatic carbocycles. The minimum Gasteiger partial charge on any atom is -0.330 e. The van der Waals surface area contributed by atoms with Crippen LogP contribution < -0.4 is 11.5 Å². The van der Waals surface area contributed by atoms with E-state index in [2.05, 4.69) is 29.8 Å². The molecule has 3 aromatic rings. The third kappa shape index (κ3) is 3.70. The molecule has 0 saturated carbocycles. The lowest BCUT2D eigenvalue weighted by Crippen LogP contribution is -2.13. The fourth-order valence-corrected chi connectivity index (χ4v) is 3.59. The lowest BCUT2D eigenvalue weighted by atomic mass is 10.3. The van der Waals surface area contributed by atoms with Crippen molar-refractivity contribution in [2.45, 2.75) is 5.03 Å². The number of hydrogen-bond donors (Lipinski definition) is 1. The number of aromatic nitrogens is 4. The topological polar surface area (TPSA) is 99.8 Å². The van der Waals surface area contributed by atoms with E-state index in [0.717, 1.165) is 11.7 Å². The average Bonchev–Trinajstić information content (AvgIpc) is 3.14. The van der Waals surface area contributed by atoms with Gasteiger partial charge in [0.25, 0.3) is 0 Å². The van der Waals surface area contributed by atoms with Crippen LogP contribution in [0, 0.1) is 5.82 Å². The van der Waals surface area contributed by atoms with Crippen molar-refractivity contribution in [2.24, 2.45) is 5.73 Å². The summed E-state index contributed by atoms with van der Waals surface area (Å²) in [4.78, 5) is 12.0. The molecule has 128 valence electrons. The Kier molecular flexibility index (Phi) is 6.52. The van der Waals surface area contributed by atoms with E-state index in [1.54, 1.807) is 0 Å². The molecule has 0 aliphatic heterocycles. The molecule has 2 N–H and O–H groups in total. The van der Waals surface area contributed by atoms with Gasteiger partial charge in [0.15, 0.2) is 5.69 Å². The maximum atomic E-state index is 13.4. The molecule has 0 saturated heterocycles. The van der Waals surface area contributed by atoms with E-state index in [1.165, 1.54) is 34.5 Å². The molecule has 0 atom stereocenters. The van der Waals surface area contributed by atoms with Gasteiger partial charge in [-0.2, -0.15) is 8.75 Å². The maximum absolute atomic E-state index is 13.4. The number of halogens is 3. The second-order valence-corrected chi connectivity index (χ2v) is 6.73. The van der Waals surface area contributed by atoms with Gasteiger partial charge in [-0.25, -0.2) is 13.8 Å². The molecule has 24 heavy (non-hydrogen) atoms. The summed E-state index contributed by atoms with van der Waals surface area (Å²) in [5.41, 5.74) is 6.33. The zero-order chi connectivity index (χ0) is 16.4. The van der Waals surface area contributed by atoms with E-state index < -0.39 is 11.6 Å². The Bertz CT molecular complexity index is 900. The van der Waals surface area contributed by atoms with Crippen LogP contribution in [0.25, 0.3) is 17.2 Å². The number of rotatable bonds is 5. The Morgan fingerprint density at radius 2 is 2.21 bits per heavy atom. The van der Waals surface area contributed by atoms with Crippen LogP contribution in [-0.2, 0) is 0 Å². The van der Waals surface area contributed by atoms with Crippen molar-refractivity contribution >= 4 is 51.8 Å². The summed E-state index contributed by atoms with van der Waals surface area (Å²) in [5.74, 6) is -0.264. The SMILES string of the molecule is Cl.NCCSc1nsnc1-c1noc(=O)n1-c1ccc(F)c(Br)c1. The van der Waals surface area contributed by atoms with Crippen molar-refractivity contribution in [2.75, 3.05) is 12.3 Å². The van der Waals surface area contributed by atoms with Crippen molar-refractivity contribution in [1.82, 2.24) is 18.5 Å². The Labute approximate surface area is 158 Å². The van der Waals surface area contributed by atoms with Crippen LogP contribution in [0.3, 0.4) is 0 Å². The normalized spacial score (nSPS) is 10.6. The van der Waals surface area contributed by atoms with Crippen LogP contribution in [0.15, 0.2) is 37.0 Å². The van der Waals surface area contributed by atoms with Crippen molar-refractivity contribution in [1.29, 1.82) is 0 Å². The van der Waals surface area contributed by atoms with Crippen molar-refractivity contribution in [3.63, 3.8) is 0 Å². The van der Waals surface area contributed by atoms with Crippen LogP contribution in [0.5, 0.6) is 0 Å². The summed E-state index contributed by atoms with van der Waals surface area (Å²) >= 11 is 5.51. The van der Waals surface area contributed by atoms with Gasteiger partial charge in [0.2, 0.25) is 5.82 Å². The zero-order valence-electron chi connectivity index (χ0n) is 11.8. The van der Waals surface area contributed by atoms with E-state index in [-0.39, 0.29) is 22.7 Å². The molecular formula is C12H10BrClFN5O2S2. The largest absolute Gasteiger partial charge is 0.446 e. The standard InChI is InChI=1S/C12H9BrFN5O2S2.ClH/c13-7-5-6(1-2-8(7)14)19-10(16-21-12(19)20)9-11(18-23-17-9)22-4-3-15;/h1-2,5H,3-4,15H2;1H. The first-order valence-electron chi connectivity index (χ1n) is 6.31. The Hall–Kier alpha value is -1.27. The Balaban J connectivity index is 0.00000208. The molecule has 2 heterocycles. The van der Waals surface area contributed by atoms with Gasteiger partial charge < -0.3 is 5.73 Å². The molecule has 0 radical (unpaired) electrons. The summed E-state index contributed by atoms with van der Waals surface area (Å²) < 4.78 is 28.0. The van der Waals surface area contributed by atoms with Crippen molar-refractivity contribution < 1.29 is 8.91 Å². The maximum Gasteiger partial charge on any atom is 0.446 e. The fraction of sp³-hybridized carbons (Fsp3) is 0.167. The molecule has 12 heteroatoms. The first-order valence-corrected chi connectivity index (χ1v) is 8.82. The van der Waals surface area contributed by atoms with Gasteiger partial charge in [0.05, 0.1) is 21.9 Å². The van der Waals surface area contributed by atoms with Crippen LogP contribution in [0.4, 0.5) is 4.39 Å².